The van der Waals surface area contributed by atoms with E-state index in [0.29, 0.717) is 0 Å². The summed E-state index contributed by atoms with van der Waals surface area (Å²) in [4.78, 5) is 10.00. The van der Waals surface area contributed by atoms with Crippen molar-refractivity contribution in [2.75, 3.05) is 20.6 Å². The SMILES string of the molecule is C=N/C=C(\C=N\C(=C)C#N)C1C=CC=C(CCN(C)C)C=C1. The highest BCUT2D eigenvalue weighted by Crippen LogP contribution is 2.19. The van der Waals surface area contributed by atoms with Crippen LogP contribution in [0.15, 0.2) is 70.0 Å². The Morgan fingerprint density at radius 1 is 1.45 bits per heavy atom. The molecule has 0 radical (unpaired) electrons. The molecule has 4 nitrogen and oxygen atoms in total. The fraction of sp³-hybridized carbons (Fsp3) is 0.278. The Morgan fingerprint density at radius 3 is 2.86 bits per heavy atom. The molecule has 0 aliphatic heterocycles. The van der Waals surface area contributed by atoms with Crippen molar-refractivity contribution in [2.45, 2.75) is 6.42 Å². The van der Waals surface area contributed by atoms with E-state index in [2.05, 4.69) is 66.6 Å². The van der Waals surface area contributed by atoms with E-state index in [1.807, 2.05) is 12.1 Å². The Hall–Kier alpha value is -2.51. The molecule has 22 heavy (non-hydrogen) atoms. The maximum Gasteiger partial charge on any atom is 0.133 e. The third-order valence-electron chi connectivity index (χ3n) is 3.12. The number of nitrogens with zero attached hydrogens (tertiary/aromatic N) is 4. The lowest BCUT2D eigenvalue weighted by molar-refractivity contribution is 0.414. The number of nitriles is 1. The quantitative estimate of drug-likeness (QED) is 0.534. The first-order chi connectivity index (χ1) is 10.6. The van der Waals surface area contributed by atoms with Gasteiger partial charge >= 0.3 is 0 Å². The summed E-state index contributed by atoms with van der Waals surface area (Å²) < 4.78 is 0. The molecule has 0 fully saturated rings. The Balaban J connectivity index is 2.84. The molecule has 0 heterocycles. The van der Waals surface area contributed by atoms with Gasteiger partial charge in [-0.2, -0.15) is 5.26 Å². The average molecular weight is 294 g/mol. The van der Waals surface area contributed by atoms with E-state index in [4.69, 9.17) is 5.26 Å². The van der Waals surface area contributed by atoms with E-state index >= 15 is 0 Å². The van der Waals surface area contributed by atoms with Crippen LogP contribution in [-0.4, -0.2) is 38.5 Å². The van der Waals surface area contributed by atoms with Gasteiger partial charge in [0.05, 0.1) is 0 Å². The lowest BCUT2D eigenvalue weighted by atomic mass is 9.99. The smallest absolute Gasteiger partial charge is 0.133 e. The summed E-state index contributed by atoms with van der Waals surface area (Å²) in [5.41, 5.74) is 2.30. The minimum Gasteiger partial charge on any atom is -0.309 e. The van der Waals surface area contributed by atoms with Gasteiger partial charge in [0.1, 0.15) is 11.8 Å². The molecule has 1 aliphatic carbocycles. The maximum absolute atomic E-state index is 8.71. The molecule has 1 atom stereocenters. The Kier molecular flexibility index (Phi) is 7.52. The van der Waals surface area contributed by atoms with Gasteiger partial charge < -0.3 is 4.90 Å². The zero-order valence-electron chi connectivity index (χ0n) is 13.2. The molecule has 0 spiro atoms. The van der Waals surface area contributed by atoms with Gasteiger partial charge in [0, 0.05) is 24.9 Å². The number of hydrogen-bond donors (Lipinski definition) is 0. The fourth-order valence-electron chi connectivity index (χ4n) is 1.88. The van der Waals surface area contributed by atoms with Crippen LogP contribution in [0.4, 0.5) is 0 Å². The van der Waals surface area contributed by atoms with Gasteiger partial charge in [0.2, 0.25) is 0 Å². The minimum absolute atomic E-state index is 0.0499. The first-order valence-electron chi connectivity index (χ1n) is 7.06. The number of hydrogen-bond acceptors (Lipinski definition) is 4. The highest BCUT2D eigenvalue weighted by Gasteiger charge is 2.08. The van der Waals surface area contributed by atoms with Crippen LogP contribution < -0.4 is 0 Å². The molecular formula is C18H22N4. The molecule has 0 N–H and O–H groups in total. The molecule has 0 amide bonds. The summed E-state index contributed by atoms with van der Waals surface area (Å²) in [6.45, 7) is 8.03. The molecule has 1 aliphatic rings. The second kappa shape index (κ2) is 9.43. The van der Waals surface area contributed by atoms with Crippen LogP contribution in [0.25, 0.3) is 0 Å². The van der Waals surface area contributed by atoms with Gasteiger partial charge in [-0.25, -0.2) is 4.99 Å². The van der Waals surface area contributed by atoms with Crippen molar-refractivity contribution in [3.63, 3.8) is 0 Å². The van der Waals surface area contributed by atoms with E-state index in [-0.39, 0.29) is 11.6 Å². The minimum atomic E-state index is 0.0499. The van der Waals surface area contributed by atoms with E-state index in [0.717, 1.165) is 18.5 Å². The van der Waals surface area contributed by atoms with E-state index in [1.54, 1.807) is 12.4 Å². The Labute approximate surface area is 132 Å². The van der Waals surface area contributed by atoms with Crippen molar-refractivity contribution in [1.29, 1.82) is 5.26 Å². The van der Waals surface area contributed by atoms with Crippen LogP contribution in [0.3, 0.4) is 0 Å². The van der Waals surface area contributed by atoms with Crippen molar-refractivity contribution in [1.82, 2.24) is 4.90 Å². The summed E-state index contributed by atoms with van der Waals surface area (Å²) >= 11 is 0. The summed E-state index contributed by atoms with van der Waals surface area (Å²) in [6.07, 6.45) is 14.7. The lowest BCUT2D eigenvalue weighted by Crippen LogP contribution is -2.13. The number of allylic oxidation sites excluding steroid dienone is 7. The second-order valence-corrected chi connectivity index (χ2v) is 5.19. The molecule has 0 aromatic heterocycles. The molecule has 1 unspecified atom stereocenters. The summed E-state index contributed by atoms with van der Waals surface area (Å²) in [5, 5.41) is 8.71. The van der Waals surface area contributed by atoms with Crippen LogP contribution in [0, 0.1) is 17.2 Å². The topological polar surface area (TPSA) is 51.8 Å². The van der Waals surface area contributed by atoms with Crippen LogP contribution in [0.1, 0.15) is 6.42 Å². The third-order valence-corrected chi connectivity index (χ3v) is 3.12. The first-order valence-corrected chi connectivity index (χ1v) is 7.06. The van der Waals surface area contributed by atoms with Crippen molar-refractivity contribution < 1.29 is 0 Å². The average Bonchev–Trinajstić information content (AvgIpc) is 2.74. The van der Waals surface area contributed by atoms with Crippen molar-refractivity contribution >= 4 is 12.9 Å². The molecule has 114 valence electrons. The first kappa shape index (κ1) is 17.5. The van der Waals surface area contributed by atoms with Crippen LogP contribution >= 0.6 is 0 Å². The molecule has 0 saturated carbocycles. The van der Waals surface area contributed by atoms with E-state index in [1.165, 1.54) is 5.57 Å². The van der Waals surface area contributed by atoms with Gasteiger partial charge in [-0.3, -0.25) is 4.99 Å². The van der Waals surface area contributed by atoms with Gasteiger partial charge in [0.25, 0.3) is 0 Å². The monoisotopic (exact) mass is 294 g/mol. The zero-order chi connectivity index (χ0) is 16.4. The predicted octanol–water partition coefficient (Wildman–Crippen LogP) is 3.30. The van der Waals surface area contributed by atoms with Gasteiger partial charge in [-0.05, 0) is 38.4 Å². The van der Waals surface area contributed by atoms with Crippen LogP contribution in [0.5, 0.6) is 0 Å². The summed E-state index contributed by atoms with van der Waals surface area (Å²) in [5.74, 6) is 0.0499. The Bertz CT molecular complexity index is 595. The second-order valence-electron chi connectivity index (χ2n) is 5.19. The van der Waals surface area contributed by atoms with Gasteiger partial charge in [-0.1, -0.05) is 37.0 Å². The highest BCUT2D eigenvalue weighted by atomic mass is 15.0. The Morgan fingerprint density at radius 2 is 2.23 bits per heavy atom. The summed E-state index contributed by atoms with van der Waals surface area (Å²) in [7, 11) is 4.13. The predicted molar refractivity (Wildman–Crippen MR) is 93.9 cm³/mol. The highest BCUT2D eigenvalue weighted by molar-refractivity contribution is 5.81. The standard InChI is InChI=1S/C18H22N4/c1-15(12-19)21-14-18(13-20-2)17-7-5-6-16(8-9-17)10-11-22(3)4/h5-9,13-14,17H,1-2,10-11H2,3-4H3/b18-13+,21-14+. The fourth-order valence-corrected chi connectivity index (χ4v) is 1.88. The van der Waals surface area contributed by atoms with Crippen molar-refractivity contribution in [2.24, 2.45) is 15.9 Å². The van der Waals surface area contributed by atoms with Crippen LogP contribution in [0.2, 0.25) is 0 Å². The van der Waals surface area contributed by atoms with Crippen molar-refractivity contribution in [3.8, 4) is 6.07 Å². The maximum atomic E-state index is 8.71. The summed E-state index contributed by atoms with van der Waals surface area (Å²) in [6, 6.07) is 1.90. The van der Waals surface area contributed by atoms with Crippen molar-refractivity contribution in [3.05, 3.63) is 60.0 Å². The van der Waals surface area contributed by atoms with Gasteiger partial charge in [-0.15, -0.1) is 0 Å². The molecule has 0 saturated heterocycles. The molecule has 0 bridgehead atoms. The lowest BCUT2D eigenvalue weighted by Gasteiger charge is -2.09. The molecule has 4 heteroatoms. The van der Waals surface area contributed by atoms with E-state index in [9.17, 15) is 0 Å². The molecule has 1 rings (SSSR count). The molecule has 0 aromatic rings. The molecule has 0 aromatic carbocycles. The normalized spacial score (nSPS) is 18.2. The number of aliphatic imine (C=N–C) groups is 2. The van der Waals surface area contributed by atoms with E-state index < -0.39 is 0 Å². The third kappa shape index (κ3) is 6.29. The zero-order valence-corrected chi connectivity index (χ0v) is 13.2. The number of rotatable bonds is 7. The van der Waals surface area contributed by atoms with Gasteiger partial charge in [0.15, 0.2) is 0 Å². The van der Waals surface area contributed by atoms with Crippen LogP contribution in [-0.2, 0) is 0 Å². The molecular weight excluding hydrogens is 272 g/mol. The largest absolute Gasteiger partial charge is 0.309 e.